The number of hydrazone groups is 1. The van der Waals surface area contributed by atoms with E-state index in [0.717, 1.165) is 5.69 Å². The number of H-pyrrole nitrogens is 1. The number of hydrogen-bond acceptors (Lipinski definition) is 4. The van der Waals surface area contributed by atoms with Crippen LogP contribution in [0.4, 0.5) is 4.79 Å². The number of rotatable bonds is 4. The summed E-state index contributed by atoms with van der Waals surface area (Å²) in [5, 5.41) is 6.90. The van der Waals surface area contributed by atoms with Crippen LogP contribution in [0.5, 0.6) is 0 Å². The van der Waals surface area contributed by atoms with Gasteiger partial charge < -0.3 is 4.74 Å². The van der Waals surface area contributed by atoms with Crippen molar-refractivity contribution in [2.75, 3.05) is 6.61 Å². The van der Waals surface area contributed by atoms with Gasteiger partial charge in [0.25, 0.3) is 5.56 Å². The molecule has 7 nitrogen and oxygen atoms in total. The number of aromatic amines is 1. The minimum Gasteiger partial charge on any atom is -0.449 e. The number of carbonyl (C=O) groups is 1. The van der Waals surface area contributed by atoms with Gasteiger partial charge in [-0.15, -0.1) is 0 Å². The maximum absolute atomic E-state index is 12.5. The number of ether oxygens (including phenoxy) is 1. The number of aromatic nitrogens is 2. The smallest absolute Gasteiger partial charge is 0.427 e. The molecule has 1 heterocycles. The minimum atomic E-state index is -0.654. The minimum absolute atomic E-state index is 0.226. The van der Waals surface area contributed by atoms with E-state index in [1.165, 1.54) is 4.68 Å². The number of benzene rings is 1. The van der Waals surface area contributed by atoms with Crippen molar-refractivity contribution in [3.8, 4) is 5.69 Å². The SMILES string of the molecule is CCOC(=O)N/N=C(/C)c1c(C)[nH]n(-c2ccccc2)c1=O. The molecule has 2 aromatic rings. The Morgan fingerprint density at radius 3 is 2.68 bits per heavy atom. The van der Waals surface area contributed by atoms with Crippen molar-refractivity contribution in [1.82, 2.24) is 15.2 Å². The fourth-order valence-corrected chi connectivity index (χ4v) is 2.08. The van der Waals surface area contributed by atoms with Gasteiger partial charge in [-0.1, -0.05) is 18.2 Å². The van der Waals surface area contributed by atoms with Gasteiger partial charge in [-0.05, 0) is 32.9 Å². The molecule has 0 spiro atoms. The molecule has 1 aromatic carbocycles. The molecule has 1 aromatic heterocycles. The number of aryl methyl sites for hydroxylation is 1. The standard InChI is InChI=1S/C15H18N4O3/c1-4-22-15(21)17-16-10(2)13-11(3)18-19(14(13)20)12-8-6-5-7-9-12/h5-9,18H,4H2,1-3H3,(H,17,21)/b16-10-. The van der Waals surface area contributed by atoms with E-state index in [1.54, 1.807) is 20.8 Å². The lowest BCUT2D eigenvalue weighted by Gasteiger charge is -2.01. The Morgan fingerprint density at radius 1 is 1.36 bits per heavy atom. The summed E-state index contributed by atoms with van der Waals surface area (Å²) in [6.07, 6.45) is -0.654. The van der Waals surface area contributed by atoms with E-state index in [4.69, 9.17) is 4.74 Å². The third-order valence-corrected chi connectivity index (χ3v) is 3.04. The molecule has 7 heteroatoms. The van der Waals surface area contributed by atoms with Crippen molar-refractivity contribution >= 4 is 11.8 Å². The lowest BCUT2D eigenvalue weighted by molar-refractivity contribution is 0.152. The first-order chi connectivity index (χ1) is 10.5. The number of nitrogens with zero attached hydrogens (tertiary/aromatic N) is 2. The van der Waals surface area contributed by atoms with Crippen molar-refractivity contribution < 1.29 is 9.53 Å². The van der Waals surface area contributed by atoms with Gasteiger partial charge in [0, 0.05) is 5.69 Å². The Labute approximate surface area is 127 Å². The van der Waals surface area contributed by atoms with Crippen LogP contribution >= 0.6 is 0 Å². The average molecular weight is 302 g/mol. The molecule has 22 heavy (non-hydrogen) atoms. The average Bonchev–Trinajstić information content (AvgIpc) is 2.81. The third kappa shape index (κ3) is 3.25. The molecule has 0 aliphatic carbocycles. The first-order valence-corrected chi connectivity index (χ1v) is 6.89. The summed E-state index contributed by atoms with van der Waals surface area (Å²) in [5.74, 6) is 0. The van der Waals surface area contributed by atoms with Crippen LogP contribution in [0.2, 0.25) is 0 Å². The van der Waals surface area contributed by atoms with E-state index in [-0.39, 0.29) is 12.2 Å². The number of hydrogen-bond donors (Lipinski definition) is 2. The summed E-state index contributed by atoms with van der Waals surface area (Å²) >= 11 is 0. The second-order valence-corrected chi connectivity index (χ2v) is 4.62. The first kappa shape index (κ1) is 15.6. The van der Waals surface area contributed by atoms with Crippen LogP contribution in [0.1, 0.15) is 25.1 Å². The topological polar surface area (TPSA) is 88.5 Å². The molecule has 0 bridgehead atoms. The molecular weight excluding hydrogens is 284 g/mol. The second-order valence-electron chi connectivity index (χ2n) is 4.62. The van der Waals surface area contributed by atoms with E-state index in [0.29, 0.717) is 17.0 Å². The van der Waals surface area contributed by atoms with Crippen LogP contribution in [0.3, 0.4) is 0 Å². The van der Waals surface area contributed by atoms with E-state index in [9.17, 15) is 9.59 Å². The van der Waals surface area contributed by atoms with Gasteiger partial charge in [0.2, 0.25) is 0 Å². The van der Waals surface area contributed by atoms with Crippen LogP contribution in [-0.2, 0) is 4.74 Å². The van der Waals surface area contributed by atoms with Gasteiger partial charge in [0.15, 0.2) is 0 Å². The molecule has 0 aliphatic heterocycles. The molecule has 0 unspecified atom stereocenters. The Kier molecular flexibility index (Phi) is 4.77. The second kappa shape index (κ2) is 6.75. The molecule has 0 saturated heterocycles. The lowest BCUT2D eigenvalue weighted by Crippen LogP contribution is -2.23. The van der Waals surface area contributed by atoms with Crippen LogP contribution in [0.25, 0.3) is 5.69 Å². The first-order valence-electron chi connectivity index (χ1n) is 6.89. The monoisotopic (exact) mass is 302 g/mol. The van der Waals surface area contributed by atoms with Crippen molar-refractivity contribution in [2.24, 2.45) is 5.10 Å². The zero-order chi connectivity index (χ0) is 16.1. The Hall–Kier alpha value is -2.83. The van der Waals surface area contributed by atoms with Crippen LogP contribution in [0.15, 0.2) is 40.2 Å². The number of nitrogens with one attached hydrogen (secondary N) is 2. The summed E-state index contributed by atoms with van der Waals surface area (Å²) in [4.78, 5) is 23.8. The summed E-state index contributed by atoms with van der Waals surface area (Å²) in [5.41, 5.74) is 4.24. The van der Waals surface area contributed by atoms with E-state index < -0.39 is 6.09 Å². The Balaban J connectivity index is 2.33. The zero-order valence-electron chi connectivity index (χ0n) is 12.7. The highest BCUT2D eigenvalue weighted by Crippen LogP contribution is 2.07. The molecule has 0 radical (unpaired) electrons. The predicted octanol–water partition coefficient (Wildman–Crippen LogP) is 1.94. The summed E-state index contributed by atoms with van der Waals surface area (Å²) in [6, 6.07) is 9.22. The fourth-order valence-electron chi connectivity index (χ4n) is 2.08. The Bertz CT molecular complexity index is 744. The van der Waals surface area contributed by atoms with Gasteiger partial charge in [-0.2, -0.15) is 5.10 Å². The highest BCUT2D eigenvalue weighted by molar-refractivity contribution is 5.99. The molecule has 116 valence electrons. The third-order valence-electron chi connectivity index (χ3n) is 3.04. The zero-order valence-corrected chi connectivity index (χ0v) is 12.7. The molecule has 0 fully saturated rings. The number of para-hydroxylation sites is 1. The molecule has 0 atom stereocenters. The molecule has 0 saturated carbocycles. The van der Waals surface area contributed by atoms with E-state index >= 15 is 0 Å². The van der Waals surface area contributed by atoms with Crippen molar-refractivity contribution in [3.05, 3.63) is 51.9 Å². The van der Waals surface area contributed by atoms with Gasteiger partial charge in [0.05, 0.1) is 23.6 Å². The quantitative estimate of drug-likeness (QED) is 0.668. The summed E-state index contributed by atoms with van der Waals surface area (Å²) in [7, 11) is 0. The van der Waals surface area contributed by atoms with Crippen LogP contribution < -0.4 is 11.0 Å². The highest BCUT2D eigenvalue weighted by atomic mass is 16.5. The van der Waals surface area contributed by atoms with Crippen molar-refractivity contribution in [1.29, 1.82) is 0 Å². The van der Waals surface area contributed by atoms with Crippen molar-refractivity contribution in [2.45, 2.75) is 20.8 Å². The highest BCUT2D eigenvalue weighted by Gasteiger charge is 2.15. The van der Waals surface area contributed by atoms with Gasteiger partial charge >= 0.3 is 6.09 Å². The summed E-state index contributed by atoms with van der Waals surface area (Å²) < 4.78 is 6.15. The summed E-state index contributed by atoms with van der Waals surface area (Å²) in [6.45, 7) is 5.38. The largest absolute Gasteiger partial charge is 0.449 e. The van der Waals surface area contributed by atoms with Gasteiger partial charge in [-0.3, -0.25) is 9.89 Å². The lowest BCUT2D eigenvalue weighted by atomic mass is 10.2. The van der Waals surface area contributed by atoms with Crippen LogP contribution in [-0.4, -0.2) is 28.2 Å². The predicted molar refractivity (Wildman–Crippen MR) is 83.5 cm³/mol. The maximum Gasteiger partial charge on any atom is 0.427 e. The van der Waals surface area contributed by atoms with E-state index in [1.807, 2.05) is 30.3 Å². The molecular formula is C15H18N4O3. The number of carbonyl (C=O) groups excluding carboxylic acids is 1. The molecule has 0 aliphatic rings. The number of amides is 1. The van der Waals surface area contributed by atoms with E-state index in [2.05, 4.69) is 15.6 Å². The molecule has 2 N–H and O–H groups in total. The van der Waals surface area contributed by atoms with Crippen LogP contribution in [0, 0.1) is 6.92 Å². The Morgan fingerprint density at radius 2 is 2.05 bits per heavy atom. The van der Waals surface area contributed by atoms with Gasteiger partial charge in [0.1, 0.15) is 0 Å². The maximum atomic E-state index is 12.5. The molecule has 1 amide bonds. The van der Waals surface area contributed by atoms with Crippen molar-refractivity contribution in [3.63, 3.8) is 0 Å². The van der Waals surface area contributed by atoms with Gasteiger partial charge in [-0.25, -0.2) is 14.9 Å². The fraction of sp³-hybridized carbons (Fsp3) is 0.267. The normalized spacial score (nSPS) is 11.3. The molecule has 2 rings (SSSR count).